The van der Waals surface area contributed by atoms with Crippen molar-refractivity contribution in [3.8, 4) is 0 Å². The number of nitrogens with one attached hydrogen (secondary N) is 2. The van der Waals surface area contributed by atoms with Crippen LogP contribution in [-0.2, 0) is 12.7 Å². The van der Waals surface area contributed by atoms with Gasteiger partial charge in [-0.3, -0.25) is 9.59 Å². The van der Waals surface area contributed by atoms with Crippen molar-refractivity contribution in [2.75, 3.05) is 18.4 Å². The number of hydrogen-bond acceptors (Lipinski definition) is 5. The number of carbonyl (C=O) groups is 1. The third-order valence-electron chi connectivity index (χ3n) is 3.41. The fourth-order valence-corrected chi connectivity index (χ4v) is 2.35. The maximum Gasteiger partial charge on any atom is 0.417 e. The van der Waals surface area contributed by atoms with E-state index in [1.165, 1.54) is 16.8 Å². The van der Waals surface area contributed by atoms with Crippen molar-refractivity contribution in [1.82, 2.24) is 20.1 Å². The van der Waals surface area contributed by atoms with E-state index in [1.54, 1.807) is 0 Å². The number of nitrogens with zero attached hydrogens (tertiary/aromatic N) is 3. The molecule has 1 amide bonds. The Morgan fingerprint density at radius 3 is 2.67 bits per heavy atom. The minimum atomic E-state index is -4.52. The summed E-state index contributed by atoms with van der Waals surface area (Å²) in [5.74, 6) is -0.401. The van der Waals surface area contributed by atoms with E-state index in [4.69, 9.17) is 11.6 Å². The van der Waals surface area contributed by atoms with Gasteiger partial charge in [0.25, 0.3) is 11.5 Å². The second kappa shape index (κ2) is 8.85. The molecular formula is C16H17ClF3N5O2. The molecule has 2 N–H and O–H groups in total. The molecule has 0 aliphatic carbocycles. The van der Waals surface area contributed by atoms with E-state index in [1.807, 2.05) is 6.92 Å². The number of amides is 1. The first-order valence-electron chi connectivity index (χ1n) is 8.05. The predicted octanol–water partition coefficient (Wildman–Crippen LogP) is 2.56. The standard InChI is InChI=1S/C16H17ClF3N5O2/c1-2-7-25-13(26)4-3-12(24-25)15(27)22-6-5-21-14-11(17)8-10(9-23-14)16(18,19)20/h3-4,8-9H,2,5-7H2,1H3,(H,21,23)(H,22,27). The van der Waals surface area contributed by atoms with Crippen molar-refractivity contribution in [3.05, 3.63) is 51.0 Å². The third-order valence-corrected chi connectivity index (χ3v) is 3.69. The fraction of sp³-hybridized carbons (Fsp3) is 0.375. The maximum absolute atomic E-state index is 12.6. The molecule has 0 fully saturated rings. The van der Waals surface area contributed by atoms with Crippen LogP contribution in [0.25, 0.3) is 0 Å². The van der Waals surface area contributed by atoms with Crippen LogP contribution in [0, 0.1) is 0 Å². The van der Waals surface area contributed by atoms with Crippen LogP contribution in [0.4, 0.5) is 19.0 Å². The first-order valence-corrected chi connectivity index (χ1v) is 8.43. The van der Waals surface area contributed by atoms with E-state index in [-0.39, 0.29) is 35.2 Å². The Morgan fingerprint density at radius 2 is 2.04 bits per heavy atom. The summed E-state index contributed by atoms with van der Waals surface area (Å²) in [5.41, 5.74) is -1.15. The monoisotopic (exact) mass is 403 g/mol. The highest BCUT2D eigenvalue weighted by Gasteiger charge is 2.31. The lowest BCUT2D eigenvalue weighted by Gasteiger charge is -2.11. The van der Waals surface area contributed by atoms with Gasteiger partial charge >= 0.3 is 6.18 Å². The normalized spacial score (nSPS) is 11.3. The number of halogens is 4. The molecular weight excluding hydrogens is 387 g/mol. The molecule has 0 bridgehead atoms. The highest BCUT2D eigenvalue weighted by atomic mass is 35.5. The number of anilines is 1. The fourth-order valence-electron chi connectivity index (χ4n) is 2.11. The molecule has 0 saturated carbocycles. The van der Waals surface area contributed by atoms with Crippen LogP contribution in [0.2, 0.25) is 5.02 Å². The molecule has 7 nitrogen and oxygen atoms in total. The van der Waals surface area contributed by atoms with Crippen molar-refractivity contribution in [3.63, 3.8) is 0 Å². The topological polar surface area (TPSA) is 88.9 Å². The summed E-state index contributed by atoms with van der Waals surface area (Å²) in [6, 6.07) is 3.36. The van der Waals surface area contributed by atoms with Gasteiger partial charge in [0.15, 0.2) is 0 Å². The van der Waals surface area contributed by atoms with Gasteiger partial charge in [0.2, 0.25) is 0 Å². The van der Waals surface area contributed by atoms with Crippen molar-refractivity contribution < 1.29 is 18.0 Å². The van der Waals surface area contributed by atoms with Gasteiger partial charge in [0.05, 0.1) is 10.6 Å². The largest absolute Gasteiger partial charge is 0.417 e. The Labute approximate surface area is 157 Å². The Balaban J connectivity index is 1.89. The van der Waals surface area contributed by atoms with Crippen LogP contribution in [0.3, 0.4) is 0 Å². The Morgan fingerprint density at radius 1 is 1.30 bits per heavy atom. The average molecular weight is 404 g/mol. The number of pyridine rings is 1. The summed E-state index contributed by atoms with van der Waals surface area (Å²) in [7, 11) is 0. The molecule has 0 saturated heterocycles. The zero-order chi connectivity index (χ0) is 20.0. The van der Waals surface area contributed by atoms with Crippen LogP contribution in [-0.4, -0.2) is 33.8 Å². The highest BCUT2D eigenvalue weighted by Crippen LogP contribution is 2.32. The van der Waals surface area contributed by atoms with Gasteiger partial charge in [0, 0.05) is 31.9 Å². The quantitative estimate of drug-likeness (QED) is 0.694. The lowest BCUT2D eigenvalue weighted by molar-refractivity contribution is -0.137. The Bertz CT molecular complexity index is 870. The molecule has 2 rings (SSSR count). The van der Waals surface area contributed by atoms with E-state index in [2.05, 4.69) is 20.7 Å². The van der Waals surface area contributed by atoms with E-state index >= 15 is 0 Å². The minimum absolute atomic E-state index is 0.0773. The van der Waals surface area contributed by atoms with Crippen LogP contribution < -0.4 is 16.2 Å². The number of aromatic nitrogens is 3. The van der Waals surface area contributed by atoms with Gasteiger partial charge < -0.3 is 10.6 Å². The molecule has 0 aliphatic rings. The van der Waals surface area contributed by atoms with E-state index in [9.17, 15) is 22.8 Å². The van der Waals surface area contributed by atoms with Crippen LogP contribution in [0.1, 0.15) is 29.4 Å². The first kappa shape index (κ1) is 20.7. The highest BCUT2D eigenvalue weighted by molar-refractivity contribution is 6.32. The summed E-state index contributed by atoms with van der Waals surface area (Å²) >= 11 is 5.78. The zero-order valence-corrected chi connectivity index (χ0v) is 15.1. The first-order chi connectivity index (χ1) is 12.7. The third kappa shape index (κ3) is 5.68. The Kier molecular flexibility index (Phi) is 6.78. The van der Waals surface area contributed by atoms with Gasteiger partial charge in [-0.2, -0.15) is 18.3 Å². The van der Waals surface area contributed by atoms with E-state index < -0.39 is 17.6 Å². The van der Waals surface area contributed by atoms with Crippen molar-refractivity contribution >= 4 is 23.3 Å². The molecule has 0 atom stereocenters. The van der Waals surface area contributed by atoms with Gasteiger partial charge in [-0.25, -0.2) is 9.67 Å². The van der Waals surface area contributed by atoms with Gasteiger partial charge in [-0.1, -0.05) is 18.5 Å². The SMILES string of the molecule is CCCn1nc(C(=O)NCCNc2ncc(C(F)(F)F)cc2Cl)ccc1=O. The molecule has 2 aromatic heterocycles. The van der Waals surface area contributed by atoms with Crippen LogP contribution >= 0.6 is 11.6 Å². The molecule has 2 aromatic rings. The second-order valence-corrected chi connectivity index (χ2v) is 5.92. The molecule has 0 unspecified atom stereocenters. The lowest BCUT2D eigenvalue weighted by Crippen LogP contribution is -2.32. The maximum atomic E-state index is 12.6. The Hall–Kier alpha value is -2.62. The lowest BCUT2D eigenvalue weighted by atomic mass is 10.3. The molecule has 146 valence electrons. The van der Waals surface area contributed by atoms with E-state index in [0.29, 0.717) is 19.2 Å². The van der Waals surface area contributed by atoms with Gasteiger partial charge in [-0.15, -0.1) is 0 Å². The van der Waals surface area contributed by atoms with Crippen molar-refractivity contribution in [2.24, 2.45) is 0 Å². The number of carbonyl (C=O) groups excluding carboxylic acids is 1. The molecule has 0 radical (unpaired) electrons. The van der Waals surface area contributed by atoms with Crippen LogP contribution in [0.5, 0.6) is 0 Å². The van der Waals surface area contributed by atoms with Gasteiger partial charge in [0.1, 0.15) is 11.5 Å². The predicted molar refractivity (Wildman–Crippen MR) is 93.9 cm³/mol. The van der Waals surface area contributed by atoms with Gasteiger partial charge in [-0.05, 0) is 18.6 Å². The molecule has 0 aromatic carbocycles. The van der Waals surface area contributed by atoms with E-state index in [0.717, 1.165) is 6.07 Å². The van der Waals surface area contributed by atoms with Crippen molar-refractivity contribution in [2.45, 2.75) is 26.1 Å². The number of hydrogen-bond donors (Lipinski definition) is 2. The summed E-state index contributed by atoms with van der Waals surface area (Å²) < 4.78 is 38.9. The zero-order valence-electron chi connectivity index (χ0n) is 14.3. The number of aryl methyl sites for hydroxylation is 1. The molecule has 0 aliphatic heterocycles. The minimum Gasteiger partial charge on any atom is -0.367 e. The smallest absolute Gasteiger partial charge is 0.367 e. The van der Waals surface area contributed by atoms with Crippen molar-refractivity contribution in [1.29, 1.82) is 0 Å². The molecule has 11 heteroatoms. The average Bonchev–Trinajstić information content (AvgIpc) is 2.60. The summed E-state index contributed by atoms with van der Waals surface area (Å²) in [6.07, 6.45) is -3.15. The summed E-state index contributed by atoms with van der Waals surface area (Å²) in [6.45, 7) is 2.61. The summed E-state index contributed by atoms with van der Waals surface area (Å²) in [4.78, 5) is 27.3. The number of alkyl halides is 3. The number of rotatable bonds is 7. The summed E-state index contributed by atoms with van der Waals surface area (Å²) in [5, 5.41) is 9.12. The molecule has 0 spiro atoms. The molecule has 27 heavy (non-hydrogen) atoms. The van der Waals surface area contributed by atoms with Crippen LogP contribution in [0.15, 0.2) is 29.2 Å². The molecule has 2 heterocycles. The second-order valence-electron chi connectivity index (χ2n) is 5.51.